The lowest BCUT2D eigenvalue weighted by Crippen LogP contribution is -2.53. The van der Waals surface area contributed by atoms with Gasteiger partial charge in [-0.25, -0.2) is 0 Å². The summed E-state index contributed by atoms with van der Waals surface area (Å²) in [5.41, 5.74) is 4.24. The van der Waals surface area contributed by atoms with Gasteiger partial charge in [0, 0.05) is 24.7 Å². The summed E-state index contributed by atoms with van der Waals surface area (Å²) < 4.78 is 5.61. The van der Waals surface area contributed by atoms with Crippen molar-refractivity contribution >= 4 is 0 Å². The fourth-order valence-electron chi connectivity index (χ4n) is 3.28. The average Bonchev–Trinajstić information content (AvgIpc) is 2.39. The van der Waals surface area contributed by atoms with E-state index < -0.39 is 0 Å². The third-order valence-corrected chi connectivity index (χ3v) is 4.50. The number of nitrogens with zero attached hydrogens (tertiary/aromatic N) is 1. The quantitative estimate of drug-likeness (QED) is 0.902. The van der Waals surface area contributed by atoms with E-state index in [1.54, 1.807) is 0 Å². The molecule has 1 aromatic carbocycles. The lowest BCUT2D eigenvalue weighted by Gasteiger charge is -2.42. The van der Waals surface area contributed by atoms with Crippen LogP contribution >= 0.6 is 0 Å². The molecule has 0 spiro atoms. The van der Waals surface area contributed by atoms with Crippen LogP contribution in [0.1, 0.15) is 43.0 Å². The number of hydrogen-bond acceptors (Lipinski definition) is 3. The molecule has 1 unspecified atom stereocenters. The molecule has 0 radical (unpaired) electrons. The molecule has 1 heterocycles. The lowest BCUT2D eigenvalue weighted by atomic mass is 9.97. The van der Waals surface area contributed by atoms with Gasteiger partial charge in [-0.05, 0) is 46.7 Å². The highest BCUT2D eigenvalue weighted by Gasteiger charge is 2.30. The molecule has 0 bridgehead atoms. The van der Waals surface area contributed by atoms with Gasteiger partial charge in [0.05, 0.1) is 13.2 Å². The summed E-state index contributed by atoms with van der Waals surface area (Å²) in [6, 6.07) is 7.26. The van der Waals surface area contributed by atoms with Crippen molar-refractivity contribution in [3.63, 3.8) is 0 Å². The van der Waals surface area contributed by atoms with E-state index in [-0.39, 0.29) is 5.54 Å². The second-order valence-corrected chi connectivity index (χ2v) is 6.90. The molecule has 0 amide bonds. The second-order valence-electron chi connectivity index (χ2n) is 6.90. The molecule has 21 heavy (non-hydrogen) atoms. The van der Waals surface area contributed by atoms with Crippen LogP contribution in [0.3, 0.4) is 0 Å². The van der Waals surface area contributed by atoms with Crippen LogP contribution in [0.15, 0.2) is 18.2 Å². The summed E-state index contributed by atoms with van der Waals surface area (Å²) in [6.45, 7) is 12.7. The second kappa shape index (κ2) is 6.91. The Morgan fingerprint density at radius 1 is 1.24 bits per heavy atom. The zero-order valence-electron chi connectivity index (χ0n) is 14.2. The smallest absolute Gasteiger partial charge is 0.0645 e. The molecular weight excluding hydrogens is 260 g/mol. The molecule has 3 nitrogen and oxygen atoms in total. The maximum Gasteiger partial charge on any atom is 0.0645 e. The van der Waals surface area contributed by atoms with Crippen molar-refractivity contribution < 1.29 is 4.74 Å². The number of aryl methyl sites for hydroxylation is 2. The molecule has 0 saturated carbocycles. The molecule has 0 aromatic heterocycles. The maximum atomic E-state index is 5.61. The van der Waals surface area contributed by atoms with Crippen molar-refractivity contribution in [1.82, 2.24) is 10.2 Å². The lowest BCUT2D eigenvalue weighted by molar-refractivity contribution is -0.0520. The van der Waals surface area contributed by atoms with Gasteiger partial charge in [-0.2, -0.15) is 0 Å². The van der Waals surface area contributed by atoms with Gasteiger partial charge in [0.25, 0.3) is 0 Å². The standard InChI is InChI=1S/C18H30N2O/c1-14-10-15(2)12-16(11-14)17(19-5)6-7-20-8-9-21-13-18(20,3)4/h10-12,17,19H,6-9,13H2,1-5H3. The number of nitrogens with one attached hydrogen (secondary N) is 1. The molecule has 1 N–H and O–H groups in total. The first-order chi connectivity index (χ1) is 9.92. The highest BCUT2D eigenvalue weighted by atomic mass is 16.5. The molecule has 3 heteroatoms. The van der Waals surface area contributed by atoms with Crippen LogP contribution < -0.4 is 5.32 Å². The van der Waals surface area contributed by atoms with Gasteiger partial charge < -0.3 is 10.1 Å². The van der Waals surface area contributed by atoms with E-state index in [0.717, 1.165) is 32.7 Å². The van der Waals surface area contributed by atoms with E-state index in [9.17, 15) is 0 Å². The molecular formula is C18H30N2O. The summed E-state index contributed by atoms with van der Waals surface area (Å²) in [5.74, 6) is 0. The summed E-state index contributed by atoms with van der Waals surface area (Å²) in [4.78, 5) is 2.56. The third-order valence-electron chi connectivity index (χ3n) is 4.50. The first-order valence-corrected chi connectivity index (χ1v) is 8.00. The van der Waals surface area contributed by atoms with Crippen LogP contribution in [0.4, 0.5) is 0 Å². The molecule has 1 aliphatic heterocycles. The van der Waals surface area contributed by atoms with Crippen LogP contribution in [0.2, 0.25) is 0 Å². The minimum atomic E-state index is 0.152. The third kappa shape index (κ3) is 4.29. The van der Waals surface area contributed by atoms with E-state index in [1.165, 1.54) is 16.7 Å². The van der Waals surface area contributed by atoms with Crippen molar-refractivity contribution in [3.05, 3.63) is 34.9 Å². The normalized spacial score (nSPS) is 20.4. The Kier molecular flexibility index (Phi) is 5.42. The Bertz CT molecular complexity index is 450. The summed E-state index contributed by atoms with van der Waals surface area (Å²) in [7, 11) is 2.06. The minimum Gasteiger partial charge on any atom is -0.378 e. The molecule has 1 aliphatic rings. The summed E-state index contributed by atoms with van der Waals surface area (Å²) in [6.07, 6.45) is 1.13. The molecule has 1 atom stereocenters. The van der Waals surface area contributed by atoms with Crippen molar-refractivity contribution in [1.29, 1.82) is 0 Å². The predicted octanol–water partition coefficient (Wildman–Crippen LogP) is 3.06. The van der Waals surface area contributed by atoms with Gasteiger partial charge in [0.15, 0.2) is 0 Å². The molecule has 1 aromatic rings. The van der Waals surface area contributed by atoms with Gasteiger partial charge >= 0.3 is 0 Å². The highest BCUT2D eigenvalue weighted by molar-refractivity contribution is 5.30. The van der Waals surface area contributed by atoms with Gasteiger partial charge in [-0.3, -0.25) is 4.90 Å². The first-order valence-electron chi connectivity index (χ1n) is 8.00. The van der Waals surface area contributed by atoms with E-state index in [0.29, 0.717) is 6.04 Å². The highest BCUT2D eigenvalue weighted by Crippen LogP contribution is 2.24. The van der Waals surface area contributed by atoms with Crippen LogP contribution in [0.5, 0.6) is 0 Å². The number of ether oxygens (including phenoxy) is 1. The van der Waals surface area contributed by atoms with Crippen molar-refractivity contribution in [2.24, 2.45) is 0 Å². The Hall–Kier alpha value is -0.900. The van der Waals surface area contributed by atoms with E-state index in [2.05, 4.69) is 63.2 Å². The van der Waals surface area contributed by atoms with Crippen LogP contribution in [0, 0.1) is 13.8 Å². The number of rotatable bonds is 5. The summed E-state index contributed by atoms with van der Waals surface area (Å²) in [5, 5.41) is 3.48. The zero-order valence-corrected chi connectivity index (χ0v) is 14.2. The Morgan fingerprint density at radius 3 is 2.48 bits per heavy atom. The monoisotopic (exact) mass is 290 g/mol. The fourth-order valence-corrected chi connectivity index (χ4v) is 3.28. The van der Waals surface area contributed by atoms with E-state index >= 15 is 0 Å². The van der Waals surface area contributed by atoms with Gasteiger partial charge in [-0.15, -0.1) is 0 Å². The SMILES string of the molecule is CNC(CCN1CCOCC1(C)C)c1cc(C)cc(C)c1. The van der Waals surface area contributed by atoms with Crippen molar-refractivity contribution in [2.45, 2.75) is 45.7 Å². The largest absolute Gasteiger partial charge is 0.378 e. The Morgan fingerprint density at radius 2 is 1.90 bits per heavy atom. The number of benzene rings is 1. The molecule has 118 valence electrons. The minimum absolute atomic E-state index is 0.152. The van der Waals surface area contributed by atoms with Crippen molar-refractivity contribution in [2.75, 3.05) is 33.4 Å². The topological polar surface area (TPSA) is 24.5 Å². The predicted molar refractivity (Wildman–Crippen MR) is 88.8 cm³/mol. The Balaban J connectivity index is 2.02. The van der Waals surface area contributed by atoms with Gasteiger partial charge in [0.2, 0.25) is 0 Å². The number of hydrogen-bond donors (Lipinski definition) is 1. The zero-order chi connectivity index (χ0) is 15.5. The average molecular weight is 290 g/mol. The van der Waals surface area contributed by atoms with Crippen LogP contribution in [-0.2, 0) is 4.74 Å². The van der Waals surface area contributed by atoms with E-state index in [1.807, 2.05) is 0 Å². The van der Waals surface area contributed by atoms with Crippen LogP contribution in [-0.4, -0.2) is 43.8 Å². The fraction of sp³-hybridized carbons (Fsp3) is 0.667. The molecule has 2 rings (SSSR count). The van der Waals surface area contributed by atoms with Gasteiger partial charge in [-0.1, -0.05) is 29.3 Å². The van der Waals surface area contributed by atoms with Crippen LogP contribution in [0.25, 0.3) is 0 Å². The van der Waals surface area contributed by atoms with Gasteiger partial charge in [0.1, 0.15) is 0 Å². The molecule has 0 aliphatic carbocycles. The summed E-state index contributed by atoms with van der Waals surface area (Å²) >= 11 is 0. The first kappa shape index (κ1) is 16.5. The number of morpholine rings is 1. The maximum absolute atomic E-state index is 5.61. The molecule has 1 saturated heterocycles. The van der Waals surface area contributed by atoms with Crippen molar-refractivity contribution in [3.8, 4) is 0 Å². The van der Waals surface area contributed by atoms with E-state index in [4.69, 9.17) is 4.74 Å². The Labute approximate surface area is 129 Å². The molecule has 1 fully saturated rings.